The van der Waals surface area contributed by atoms with Gasteiger partial charge < -0.3 is 11.1 Å². The van der Waals surface area contributed by atoms with Gasteiger partial charge in [-0.2, -0.15) is 0 Å². The first-order chi connectivity index (χ1) is 9.38. The highest BCUT2D eigenvalue weighted by Crippen LogP contribution is 2.26. The topological polar surface area (TPSA) is 68.0 Å². The van der Waals surface area contributed by atoms with Crippen molar-refractivity contribution in [1.82, 2.24) is 10.3 Å². The van der Waals surface area contributed by atoms with Gasteiger partial charge in [0.25, 0.3) is 5.91 Å². The lowest BCUT2D eigenvalue weighted by molar-refractivity contribution is 0.0945. The number of aryl methyl sites for hydroxylation is 1. The number of anilines is 1. The van der Waals surface area contributed by atoms with Crippen molar-refractivity contribution < 1.29 is 4.79 Å². The van der Waals surface area contributed by atoms with E-state index in [1.54, 1.807) is 23.5 Å². The molecule has 1 amide bonds. The fourth-order valence-electron chi connectivity index (χ4n) is 1.98. The highest BCUT2D eigenvalue weighted by Gasteiger charge is 2.22. The van der Waals surface area contributed by atoms with Crippen molar-refractivity contribution >= 4 is 23.1 Å². The molecule has 0 aromatic carbocycles. The number of carbonyl (C=O) groups excluding carboxylic acids is 1. The van der Waals surface area contributed by atoms with E-state index in [9.17, 15) is 4.79 Å². The Kier molecular flexibility index (Phi) is 4.09. The van der Waals surface area contributed by atoms with Crippen LogP contribution in [0.25, 0.3) is 0 Å². The van der Waals surface area contributed by atoms with E-state index in [4.69, 9.17) is 5.73 Å². The Morgan fingerprint density at radius 2 is 2.20 bits per heavy atom. The SMILES string of the molecule is Cc1cc(C(=O)NCC(C)(C)c2cccs2)cc(N)n1. The van der Waals surface area contributed by atoms with E-state index in [0.717, 1.165) is 5.69 Å². The van der Waals surface area contributed by atoms with E-state index in [1.807, 2.05) is 18.4 Å². The molecule has 0 saturated heterocycles. The number of nitrogens with one attached hydrogen (secondary N) is 1. The third-order valence-corrected chi connectivity index (χ3v) is 4.35. The van der Waals surface area contributed by atoms with Crippen LogP contribution in [0.15, 0.2) is 29.6 Å². The van der Waals surface area contributed by atoms with Crippen LogP contribution in [0.2, 0.25) is 0 Å². The molecular formula is C15H19N3OS. The van der Waals surface area contributed by atoms with Gasteiger partial charge in [0.2, 0.25) is 0 Å². The maximum absolute atomic E-state index is 12.2. The summed E-state index contributed by atoms with van der Waals surface area (Å²) in [4.78, 5) is 17.5. The predicted molar refractivity (Wildman–Crippen MR) is 83.1 cm³/mol. The number of rotatable bonds is 4. The predicted octanol–water partition coefficient (Wildman–Crippen LogP) is 2.74. The van der Waals surface area contributed by atoms with Crippen LogP contribution in [0.3, 0.4) is 0 Å². The molecule has 0 aliphatic carbocycles. The van der Waals surface area contributed by atoms with Gasteiger partial charge in [-0.25, -0.2) is 4.98 Å². The molecule has 0 spiro atoms. The molecule has 5 heteroatoms. The molecule has 4 nitrogen and oxygen atoms in total. The lowest BCUT2D eigenvalue weighted by Crippen LogP contribution is -2.36. The van der Waals surface area contributed by atoms with E-state index >= 15 is 0 Å². The van der Waals surface area contributed by atoms with Gasteiger partial charge in [-0.3, -0.25) is 4.79 Å². The molecule has 0 aliphatic rings. The van der Waals surface area contributed by atoms with Gasteiger partial charge in [0, 0.05) is 28.1 Å². The van der Waals surface area contributed by atoms with Gasteiger partial charge >= 0.3 is 0 Å². The maximum atomic E-state index is 12.2. The van der Waals surface area contributed by atoms with Crippen molar-refractivity contribution in [2.75, 3.05) is 12.3 Å². The lowest BCUT2D eigenvalue weighted by atomic mass is 9.91. The first kappa shape index (κ1) is 14.5. The standard InChI is InChI=1S/C15H19N3OS/c1-10-7-11(8-13(16)18-10)14(19)17-9-15(2,3)12-5-4-6-20-12/h4-8H,9H2,1-3H3,(H2,16,18)(H,17,19). The summed E-state index contributed by atoms with van der Waals surface area (Å²) in [6.45, 7) is 6.63. The molecule has 2 aromatic rings. The number of pyridine rings is 1. The highest BCUT2D eigenvalue weighted by molar-refractivity contribution is 7.10. The molecule has 3 N–H and O–H groups in total. The number of thiophene rings is 1. The number of aromatic nitrogens is 1. The van der Waals surface area contributed by atoms with Crippen LogP contribution < -0.4 is 11.1 Å². The number of carbonyl (C=O) groups is 1. The van der Waals surface area contributed by atoms with E-state index in [2.05, 4.69) is 30.2 Å². The molecule has 0 fully saturated rings. The Balaban J connectivity index is 2.05. The largest absolute Gasteiger partial charge is 0.384 e. The number of nitrogen functional groups attached to an aromatic ring is 1. The number of hydrogen-bond donors (Lipinski definition) is 2. The smallest absolute Gasteiger partial charge is 0.251 e. The van der Waals surface area contributed by atoms with Gasteiger partial charge in [-0.15, -0.1) is 11.3 Å². The molecule has 0 radical (unpaired) electrons. The Bertz CT molecular complexity index is 585. The summed E-state index contributed by atoms with van der Waals surface area (Å²) in [5.74, 6) is 0.250. The third kappa shape index (κ3) is 3.36. The lowest BCUT2D eigenvalue weighted by Gasteiger charge is -2.23. The summed E-state index contributed by atoms with van der Waals surface area (Å²) in [5.41, 5.74) is 6.88. The molecule has 0 aliphatic heterocycles. The first-order valence-corrected chi connectivity index (χ1v) is 7.33. The van der Waals surface area contributed by atoms with Gasteiger partial charge in [-0.1, -0.05) is 19.9 Å². The van der Waals surface area contributed by atoms with Gasteiger partial charge in [0.05, 0.1) is 0 Å². The fraction of sp³-hybridized carbons (Fsp3) is 0.333. The summed E-state index contributed by atoms with van der Waals surface area (Å²) >= 11 is 1.70. The normalized spacial score (nSPS) is 11.3. The number of hydrogen-bond acceptors (Lipinski definition) is 4. The summed E-state index contributed by atoms with van der Waals surface area (Å²) in [5, 5.41) is 5.01. The van der Waals surface area contributed by atoms with Crippen molar-refractivity contribution in [2.45, 2.75) is 26.2 Å². The molecule has 0 saturated carbocycles. The molecule has 2 heterocycles. The minimum Gasteiger partial charge on any atom is -0.384 e. The second-order valence-corrected chi connectivity index (χ2v) is 6.41. The molecule has 106 valence electrons. The fourth-order valence-corrected chi connectivity index (χ4v) is 2.83. The van der Waals surface area contributed by atoms with Crippen LogP contribution in [0, 0.1) is 6.92 Å². The van der Waals surface area contributed by atoms with Crippen molar-refractivity contribution in [3.05, 3.63) is 45.8 Å². The summed E-state index contributed by atoms with van der Waals surface area (Å²) in [6, 6.07) is 7.45. The zero-order valence-electron chi connectivity index (χ0n) is 11.9. The van der Waals surface area contributed by atoms with Gasteiger partial charge in [0.1, 0.15) is 5.82 Å². The second kappa shape index (κ2) is 5.63. The zero-order chi connectivity index (χ0) is 14.8. The van der Waals surface area contributed by atoms with Crippen LogP contribution in [0.4, 0.5) is 5.82 Å². The van der Waals surface area contributed by atoms with Crippen LogP contribution in [0.5, 0.6) is 0 Å². The maximum Gasteiger partial charge on any atom is 0.251 e. The van der Waals surface area contributed by atoms with Crippen LogP contribution >= 0.6 is 11.3 Å². The van der Waals surface area contributed by atoms with Crippen molar-refractivity contribution in [3.63, 3.8) is 0 Å². The number of nitrogens with two attached hydrogens (primary N) is 1. The zero-order valence-corrected chi connectivity index (χ0v) is 12.8. The van der Waals surface area contributed by atoms with Gasteiger partial charge in [0.15, 0.2) is 0 Å². The van der Waals surface area contributed by atoms with E-state index in [0.29, 0.717) is 17.9 Å². The molecule has 20 heavy (non-hydrogen) atoms. The molecule has 0 unspecified atom stereocenters. The molecule has 2 rings (SSSR count). The summed E-state index contributed by atoms with van der Waals surface area (Å²) in [6.07, 6.45) is 0. The highest BCUT2D eigenvalue weighted by atomic mass is 32.1. The minimum atomic E-state index is -0.119. The van der Waals surface area contributed by atoms with Crippen molar-refractivity contribution in [3.8, 4) is 0 Å². The molecule has 0 bridgehead atoms. The summed E-state index contributed by atoms with van der Waals surface area (Å²) in [7, 11) is 0. The van der Waals surface area contributed by atoms with E-state index in [-0.39, 0.29) is 11.3 Å². The number of amides is 1. The second-order valence-electron chi connectivity index (χ2n) is 5.47. The number of nitrogens with zero attached hydrogens (tertiary/aromatic N) is 1. The van der Waals surface area contributed by atoms with Crippen molar-refractivity contribution in [2.24, 2.45) is 0 Å². The molecular weight excluding hydrogens is 270 g/mol. The molecule has 2 aromatic heterocycles. The third-order valence-electron chi connectivity index (χ3n) is 3.11. The quantitative estimate of drug-likeness (QED) is 0.909. The van der Waals surface area contributed by atoms with Gasteiger partial charge in [-0.05, 0) is 30.5 Å². The Morgan fingerprint density at radius 3 is 2.80 bits per heavy atom. The van der Waals surface area contributed by atoms with Crippen LogP contribution in [-0.2, 0) is 5.41 Å². The monoisotopic (exact) mass is 289 g/mol. The average Bonchev–Trinajstić information content (AvgIpc) is 2.89. The first-order valence-electron chi connectivity index (χ1n) is 6.45. The Hall–Kier alpha value is -1.88. The van der Waals surface area contributed by atoms with Crippen molar-refractivity contribution in [1.29, 1.82) is 0 Å². The Morgan fingerprint density at radius 1 is 1.45 bits per heavy atom. The van der Waals surface area contributed by atoms with Crippen LogP contribution in [0.1, 0.15) is 34.8 Å². The average molecular weight is 289 g/mol. The minimum absolute atomic E-state index is 0.0859. The Labute approximate surface area is 123 Å². The summed E-state index contributed by atoms with van der Waals surface area (Å²) < 4.78 is 0. The molecule has 0 atom stereocenters. The van der Waals surface area contributed by atoms with E-state index < -0.39 is 0 Å². The van der Waals surface area contributed by atoms with E-state index in [1.165, 1.54) is 4.88 Å². The van der Waals surface area contributed by atoms with Crippen LogP contribution in [-0.4, -0.2) is 17.4 Å².